The van der Waals surface area contributed by atoms with Crippen molar-refractivity contribution < 1.29 is 14.7 Å². The van der Waals surface area contributed by atoms with Gasteiger partial charge >= 0.3 is 5.97 Å². The van der Waals surface area contributed by atoms with Crippen LogP contribution in [0, 0.1) is 6.92 Å². The van der Waals surface area contributed by atoms with Crippen LogP contribution in [-0.4, -0.2) is 33.2 Å². The van der Waals surface area contributed by atoms with Gasteiger partial charge in [0.25, 0.3) is 0 Å². The number of aromatic nitrogens is 2. The summed E-state index contributed by atoms with van der Waals surface area (Å²) in [5.74, 6) is -1.44. The summed E-state index contributed by atoms with van der Waals surface area (Å²) in [4.78, 5) is 24.2. The number of aryl methyl sites for hydroxylation is 1. The van der Waals surface area contributed by atoms with E-state index in [1.54, 1.807) is 12.1 Å². The van der Waals surface area contributed by atoms with Gasteiger partial charge in [0, 0.05) is 28.3 Å². The van der Waals surface area contributed by atoms with Crippen LogP contribution in [0.5, 0.6) is 0 Å². The van der Waals surface area contributed by atoms with Crippen LogP contribution in [-0.2, 0) is 22.4 Å². The topological polar surface area (TPSA) is 95.1 Å². The van der Waals surface area contributed by atoms with Gasteiger partial charge in [-0.2, -0.15) is 5.10 Å². The number of halogens is 1. The third-order valence-corrected chi connectivity index (χ3v) is 4.70. The molecule has 3 N–H and O–H groups in total. The summed E-state index contributed by atoms with van der Waals surface area (Å²) < 4.78 is 0. The smallest absolute Gasteiger partial charge is 0.326 e. The predicted octanol–water partition coefficient (Wildman–Crippen LogP) is 3.39. The zero-order chi connectivity index (χ0) is 20.1. The van der Waals surface area contributed by atoms with E-state index in [9.17, 15) is 14.7 Å². The molecule has 144 valence electrons. The second-order valence-corrected chi connectivity index (χ2v) is 6.94. The van der Waals surface area contributed by atoms with Crippen molar-refractivity contribution in [2.75, 3.05) is 0 Å². The molecule has 1 aromatic heterocycles. The van der Waals surface area contributed by atoms with Gasteiger partial charge in [-0.25, -0.2) is 4.79 Å². The number of nitrogens with one attached hydrogen (secondary N) is 2. The van der Waals surface area contributed by atoms with Crippen LogP contribution in [0.1, 0.15) is 16.8 Å². The van der Waals surface area contributed by atoms with E-state index in [4.69, 9.17) is 11.6 Å². The number of nitrogens with zero attached hydrogens (tertiary/aromatic N) is 1. The summed E-state index contributed by atoms with van der Waals surface area (Å²) in [6.45, 7) is 1.83. The molecule has 0 bridgehead atoms. The number of benzene rings is 2. The number of amides is 1. The Balaban J connectivity index is 1.74. The molecule has 2 aromatic carbocycles. The van der Waals surface area contributed by atoms with Crippen molar-refractivity contribution in [3.8, 4) is 11.3 Å². The van der Waals surface area contributed by atoms with Crippen molar-refractivity contribution in [3.05, 3.63) is 76.4 Å². The molecule has 0 saturated heterocycles. The van der Waals surface area contributed by atoms with Gasteiger partial charge in [-0.05, 0) is 24.6 Å². The lowest BCUT2D eigenvalue weighted by molar-refractivity contribution is -0.141. The molecule has 28 heavy (non-hydrogen) atoms. The molecule has 0 aliphatic rings. The third-order valence-electron chi connectivity index (χ3n) is 4.44. The summed E-state index contributed by atoms with van der Waals surface area (Å²) in [7, 11) is 0. The SMILES string of the molecule is Cc1[nH]nc(-c2ccc(Cl)cc2)c1CC(=O)NC(Cc1ccccc1)C(=O)O. The molecular formula is C21H20ClN3O3. The maximum atomic E-state index is 12.6. The molecule has 1 unspecified atom stereocenters. The standard InChI is InChI=1S/C21H20ClN3O3/c1-13-17(20(25-24-13)15-7-9-16(22)10-8-15)12-19(26)23-18(21(27)28)11-14-5-3-2-4-6-14/h2-10,18H,11-12H2,1H3,(H,23,26)(H,24,25)(H,27,28). The number of hydrogen-bond acceptors (Lipinski definition) is 3. The van der Waals surface area contributed by atoms with Crippen LogP contribution in [0.3, 0.4) is 0 Å². The molecule has 1 atom stereocenters. The van der Waals surface area contributed by atoms with Crippen LogP contribution in [0.2, 0.25) is 5.02 Å². The first kappa shape index (κ1) is 19.6. The number of rotatable bonds is 7. The second-order valence-electron chi connectivity index (χ2n) is 6.51. The average molecular weight is 398 g/mol. The Morgan fingerprint density at radius 2 is 1.82 bits per heavy atom. The Morgan fingerprint density at radius 1 is 1.14 bits per heavy atom. The molecular weight excluding hydrogens is 378 g/mol. The Morgan fingerprint density at radius 3 is 2.46 bits per heavy atom. The number of hydrogen-bond donors (Lipinski definition) is 3. The van der Waals surface area contributed by atoms with E-state index in [1.165, 1.54) is 0 Å². The lowest BCUT2D eigenvalue weighted by Gasteiger charge is -2.15. The molecule has 1 amide bonds. The minimum absolute atomic E-state index is 0.0266. The van der Waals surface area contributed by atoms with Gasteiger partial charge in [-0.15, -0.1) is 0 Å². The molecule has 3 aromatic rings. The van der Waals surface area contributed by atoms with Gasteiger partial charge in [0.15, 0.2) is 0 Å². The highest BCUT2D eigenvalue weighted by molar-refractivity contribution is 6.30. The highest BCUT2D eigenvalue weighted by atomic mass is 35.5. The van der Waals surface area contributed by atoms with Crippen LogP contribution in [0.4, 0.5) is 0 Å². The van der Waals surface area contributed by atoms with Gasteiger partial charge in [-0.1, -0.05) is 54.1 Å². The van der Waals surface area contributed by atoms with Gasteiger partial charge in [0.2, 0.25) is 5.91 Å². The summed E-state index contributed by atoms with van der Waals surface area (Å²) in [6, 6.07) is 15.4. The minimum Gasteiger partial charge on any atom is -0.480 e. The molecule has 0 fully saturated rings. The minimum atomic E-state index is -1.07. The Bertz CT molecular complexity index is 968. The largest absolute Gasteiger partial charge is 0.480 e. The van der Waals surface area contributed by atoms with Gasteiger partial charge < -0.3 is 10.4 Å². The van der Waals surface area contributed by atoms with Crippen molar-refractivity contribution in [2.45, 2.75) is 25.8 Å². The Kier molecular flexibility index (Phi) is 6.11. The highest BCUT2D eigenvalue weighted by Gasteiger charge is 2.22. The summed E-state index contributed by atoms with van der Waals surface area (Å²) in [5.41, 5.74) is 3.81. The number of carboxylic acids is 1. The zero-order valence-electron chi connectivity index (χ0n) is 15.3. The number of aromatic amines is 1. The van der Waals surface area contributed by atoms with Gasteiger partial charge in [0.05, 0.1) is 12.1 Å². The first-order chi connectivity index (χ1) is 13.4. The molecule has 0 saturated carbocycles. The monoisotopic (exact) mass is 397 g/mol. The molecule has 0 radical (unpaired) electrons. The maximum Gasteiger partial charge on any atom is 0.326 e. The normalized spacial score (nSPS) is 11.8. The van der Waals surface area contributed by atoms with Crippen molar-refractivity contribution in [1.29, 1.82) is 0 Å². The van der Waals surface area contributed by atoms with E-state index in [0.717, 1.165) is 22.4 Å². The van der Waals surface area contributed by atoms with Crippen LogP contribution in [0.15, 0.2) is 54.6 Å². The Hall–Kier alpha value is -3.12. The van der Waals surface area contributed by atoms with E-state index in [0.29, 0.717) is 10.7 Å². The molecule has 0 aliphatic heterocycles. The number of carbonyl (C=O) groups excluding carboxylic acids is 1. The van der Waals surface area contributed by atoms with Crippen LogP contribution >= 0.6 is 11.6 Å². The predicted molar refractivity (Wildman–Crippen MR) is 107 cm³/mol. The number of H-pyrrole nitrogens is 1. The summed E-state index contributed by atoms with van der Waals surface area (Å²) in [5, 5.41) is 19.9. The molecule has 1 heterocycles. The van der Waals surface area contributed by atoms with E-state index in [-0.39, 0.29) is 18.7 Å². The number of carbonyl (C=O) groups is 2. The average Bonchev–Trinajstić information content (AvgIpc) is 3.03. The maximum absolute atomic E-state index is 12.6. The summed E-state index contributed by atoms with van der Waals surface area (Å²) >= 11 is 5.93. The first-order valence-corrected chi connectivity index (χ1v) is 9.17. The highest BCUT2D eigenvalue weighted by Crippen LogP contribution is 2.25. The molecule has 6 nitrogen and oxygen atoms in total. The van der Waals surface area contributed by atoms with Crippen molar-refractivity contribution in [2.24, 2.45) is 0 Å². The number of aliphatic carboxylic acids is 1. The van der Waals surface area contributed by atoms with Crippen molar-refractivity contribution in [3.63, 3.8) is 0 Å². The third kappa shape index (κ3) is 4.78. The molecule has 0 aliphatic carbocycles. The van der Waals surface area contributed by atoms with Crippen molar-refractivity contribution in [1.82, 2.24) is 15.5 Å². The summed E-state index contributed by atoms with van der Waals surface area (Å²) in [6.07, 6.45) is 0.245. The lowest BCUT2D eigenvalue weighted by Crippen LogP contribution is -2.43. The van der Waals surface area contributed by atoms with E-state index in [2.05, 4.69) is 15.5 Å². The lowest BCUT2D eigenvalue weighted by atomic mass is 10.0. The molecule has 7 heteroatoms. The number of carboxylic acid groups (broad SMARTS) is 1. The second kappa shape index (κ2) is 8.71. The van der Waals surface area contributed by atoms with Crippen LogP contribution in [0.25, 0.3) is 11.3 Å². The van der Waals surface area contributed by atoms with Crippen LogP contribution < -0.4 is 5.32 Å². The van der Waals surface area contributed by atoms with Gasteiger partial charge in [-0.3, -0.25) is 9.89 Å². The first-order valence-electron chi connectivity index (χ1n) is 8.80. The molecule has 0 spiro atoms. The molecule has 3 rings (SSSR count). The fraction of sp³-hybridized carbons (Fsp3) is 0.190. The fourth-order valence-electron chi connectivity index (χ4n) is 2.97. The fourth-order valence-corrected chi connectivity index (χ4v) is 3.10. The van der Waals surface area contributed by atoms with Gasteiger partial charge in [0.1, 0.15) is 6.04 Å². The van der Waals surface area contributed by atoms with Crippen molar-refractivity contribution >= 4 is 23.5 Å². The Labute approximate surface area is 167 Å². The quantitative estimate of drug-likeness (QED) is 0.569. The van der Waals surface area contributed by atoms with E-state index >= 15 is 0 Å². The van der Waals surface area contributed by atoms with E-state index in [1.807, 2.05) is 49.4 Å². The van der Waals surface area contributed by atoms with E-state index < -0.39 is 12.0 Å². The zero-order valence-corrected chi connectivity index (χ0v) is 16.0.